The third kappa shape index (κ3) is 3.32. The number of nitrogens with zero attached hydrogens (tertiary/aromatic N) is 2. The zero-order valence-electron chi connectivity index (χ0n) is 11.6. The number of halogens is 1. The van der Waals surface area contributed by atoms with Crippen molar-refractivity contribution in [1.82, 2.24) is 4.98 Å². The summed E-state index contributed by atoms with van der Waals surface area (Å²) in [6.07, 6.45) is 1.85. The van der Waals surface area contributed by atoms with Crippen molar-refractivity contribution < 1.29 is 14.5 Å². The van der Waals surface area contributed by atoms with Crippen LogP contribution < -0.4 is 10.5 Å². The van der Waals surface area contributed by atoms with E-state index in [0.717, 1.165) is 5.56 Å². The standard InChI is InChI=1S/C14H12ClN3O4/c1-2-8-3-4-12(11(5-8)18(20)21)22-14-10(15)6-9(7-17-14)13(16)19/h3-7H,2H2,1H3,(H2,16,19). The first-order valence-electron chi connectivity index (χ1n) is 6.33. The molecule has 0 aliphatic heterocycles. The molecule has 0 saturated heterocycles. The summed E-state index contributed by atoms with van der Waals surface area (Å²) < 4.78 is 5.40. The Kier molecular flexibility index (Phi) is 4.57. The van der Waals surface area contributed by atoms with Crippen molar-refractivity contribution in [3.8, 4) is 11.6 Å². The van der Waals surface area contributed by atoms with Gasteiger partial charge >= 0.3 is 5.69 Å². The number of hydrogen-bond donors (Lipinski definition) is 1. The van der Waals surface area contributed by atoms with Crippen LogP contribution in [0.25, 0.3) is 0 Å². The smallest absolute Gasteiger partial charge is 0.311 e. The van der Waals surface area contributed by atoms with Gasteiger partial charge in [0.25, 0.3) is 0 Å². The topological polar surface area (TPSA) is 108 Å². The van der Waals surface area contributed by atoms with Crippen LogP contribution >= 0.6 is 11.6 Å². The van der Waals surface area contributed by atoms with Crippen LogP contribution in [0.15, 0.2) is 30.5 Å². The Labute approximate surface area is 130 Å². The molecule has 0 bridgehead atoms. The van der Waals surface area contributed by atoms with Gasteiger partial charge in [0.2, 0.25) is 17.5 Å². The maximum absolute atomic E-state index is 11.1. The van der Waals surface area contributed by atoms with E-state index in [1.54, 1.807) is 6.07 Å². The van der Waals surface area contributed by atoms with Crippen molar-refractivity contribution in [2.75, 3.05) is 0 Å². The molecule has 0 saturated carbocycles. The third-order valence-electron chi connectivity index (χ3n) is 2.93. The van der Waals surface area contributed by atoms with Crippen LogP contribution in [0.3, 0.4) is 0 Å². The number of carbonyl (C=O) groups excluding carboxylic acids is 1. The Balaban J connectivity index is 2.38. The molecule has 0 atom stereocenters. The number of nitrogens with two attached hydrogens (primary N) is 1. The largest absolute Gasteiger partial charge is 0.430 e. The van der Waals surface area contributed by atoms with Gasteiger partial charge < -0.3 is 10.5 Å². The lowest BCUT2D eigenvalue weighted by Crippen LogP contribution is -2.11. The average molecular weight is 322 g/mol. The monoisotopic (exact) mass is 321 g/mol. The first-order chi connectivity index (χ1) is 10.4. The highest BCUT2D eigenvalue weighted by atomic mass is 35.5. The van der Waals surface area contributed by atoms with Gasteiger partial charge in [-0.05, 0) is 24.1 Å². The summed E-state index contributed by atoms with van der Waals surface area (Å²) in [5.74, 6) is -0.707. The normalized spacial score (nSPS) is 10.3. The molecule has 114 valence electrons. The van der Waals surface area contributed by atoms with E-state index >= 15 is 0 Å². The molecule has 1 heterocycles. The first kappa shape index (κ1) is 15.7. The molecule has 1 aromatic carbocycles. The number of nitro benzene ring substituents is 1. The van der Waals surface area contributed by atoms with Gasteiger partial charge in [-0.2, -0.15) is 0 Å². The molecular weight excluding hydrogens is 310 g/mol. The van der Waals surface area contributed by atoms with Crippen molar-refractivity contribution in [2.45, 2.75) is 13.3 Å². The number of hydrogen-bond acceptors (Lipinski definition) is 5. The summed E-state index contributed by atoms with van der Waals surface area (Å²) in [6.45, 7) is 1.89. The molecule has 2 aromatic rings. The number of pyridine rings is 1. The quantitative estimate of drug-likeness (QED) is 0.672. The van der Waals surface area contributed by atoms with E-state index in [4.69, 9.17) is 22.1 Å². The van der Waals surface area contributed by atoms with Crippen LogP contribution in [0.1, 0.15) is 22.8 Å². The summed E-state index contributed by atoms with van der Waals surface area (Å²) in [4.78, 5) is 25.5. The summed E-state index contributed by atoms with van der Waals surface area (Å²) >= 11 is 5.95. The van der Waals surface area contributed by atoms with E-state index in [1.807, 2.05) is 6.92 Å². The van der Waals surface area contributed by atoms with Gasteiger partial charge in [0.15, 0.2) is 0 Å². The average Bonchev–Trinajstić information content (AvgIpc) is 2.49. The highest BCUT2D eigenvalue weighted by Crippen LogP contribution is 2.34. The Morgan fingerprint density at radius 1 is 1.45 bits per heavy atom. The maximum atomic E-state index is 11.1. The van der Waals surface area contributed by atoms with E-state index in [0.29, 0.717) is 6.42 Å². The van der Waals surface area contributed by atoms with Crippen LogP contribution in [0.5, 0.6) is 11.6 Å². The van der Waals surface area contributed by atoms with Crippen LogP contribution in [-0.4, -0.2) is 15.8 Å². The number of amides is 1. The second-order valence-corrected chi connectivity index (χ2v) is 4.80. The molecule has 7 nitrogen and oxygen atoms in total. The highest BCUT2D eigenvalue weighted by molar-refractivity contribution is 6.32. The number of nitro groups is 1. The fourth-order valence-electron chi connectivity index (χ4n) is 1.75. The van der Waals surface area contributed by atoms with Crippen LogP contribution in [0.4, 0.5) is 5.69 Å². The second-order valence-electron chi connectivity index (χ2n) is 4.39. The van der Waals surface area contributed by atoms with Crippen molar-refractivity contribution in [3.05, 3.63) is 56.7 Å². The van der Waals surface area contributed by atoms with Gasteiger partial charge in [-0.3, -0.25) is 14.9 Å². The zero-order chi connectivity index (χ0) is 16.3. The molecule has 8 heteroatoms. The van der Waals surface area contributed by atoms with E-state index in [-0.39, 0.29) is 27.9 Å². The molecule has 2 N–H and O–H groups in total. The predicted octanol–water partition coefficient (Wildman–Crippen LogP) is 3.10. The fourth-order valence-corrected chi connectivity index (χ4v) is 1.96. The molecular formula is C14H12ClN3O4. The van der Waals surface area contributed by atoms with Gasteiger partial charge in [-0.15, -0.1) is 0 Å². The van der Waals surface area contributed by atoms with Gasteiger partial charge in [0.1, 0.15) is 5.02 Å². The van der Waals surface area contributed by atoms with Crippen molar-refractivity contribution in [1.29, 1.82) is 0 Å². The minimum absolute atomic E-state index is 0.0171. The summed E-state index contributed by atoms with van der Waals surface area (Å²) in [7, 11) is 0. The molecule has 1 amide bonds. The minimum atomic E-state index is -0.681. The molecule has 0 aliphatic carbocycles. The Morgan fingerprint density at radius 3 is 2.73 bits per heavy atom. The predicted molar refractivity (Wildman–Crippen MR) is 80.3 cm³/mol. The fraction of sp³-hybridized carbons (Fsp3) is 0.143. The molecule has 0 unspecified atom stereocenters. The van der Waals surface area contributed by atoms with Crippen molar-refractivity contribution in [2.24, 2.45) is 5.73 Å². The van der Waals surface area contributed by atoms with Crippen molar-refractivity contribution >= 4 is 23.2 Å². The number of ether oxygens (including phenoxy) is 1. The van der Waals surface area contributed by atoms with E-state index in [2.05, 4.69) is 4.98 Å². The molecule has 22 heavy (non-hydrogen) atoms. The lowest BCUT2D eigenvalue weighted by atomic mass is 10.1. The molecule has 1 aromatic heterocycles. The molecule has 0 aliphatic rings. The summed E-state index contributed by atoms with van der Waals surface area (Å²) in [5.41, 5.74) is 5.86. The maximum Gasteiger partial charge on any atom is 0.311 e. The number of aryl methyl sites for hydroxylation is 1. The summed E-state index contributed by atoms with van der Waals surface area (Å²) in [5, 5.41) is 11.2. The molecule has 2 rings (SSSR count). The van der Waals surface area contributed by atoms with E-state index < -0.39 is 10.8 Å². The van der Waals surface area contributed by atoms with Crippen LogP contribution in [0, 0.1) is 10.1 Å². The van der Waals surface area contributed by atoms with Gasteiger partial charge in [0.05, 0.1) is 10.5 Å². The molecule has 0 fully saturated rings. The molecule has 0 spiro atoms. The van der Waals surface area contributed by atoms with Crippen LogP contribution in [-0.2, 0) is 6.42 Å². The number of benzene rings is 1. The number of aromatic nitrogens is 1. The number of primary amides is 1. The Morgan fingerprint density at radius 2 is 2.18 bits per heavy atom. The van der Waals surface area contributed by atoms with E-state index in [1.165, 1.54) is 24.4 Å². The van der Waals surface area contributed by atoms with Gasteiger partial charge in [-0.1, -0.05) is 24.6 Å². The highest BCUT2D eigenvalue weighted by Gasteiger charge is 2.18. The van der Waals surface area contributed by atoms with Crippen LogP contribution in [0.2, 0.25) is 5.02 Å². The lowest BCUT2D eigenvalue weighted by molar-refractivity contribution is -0.385. The number of rotatable bonds is 5. The summed E-state index contributed by atoms with van der Waals surface area (Å²) in [6, 6.07) is 5.92. The second kappa shape index (κ2) is 6.40. The third-order valence-corrected chi connectivity index (χ3v) is 3.20. The number of carbonyl (C=O) groups is 1. The zero-order valence-corrected chi connectivity index (χ0v) is 12.3. The van der Waals surface area contributed by atoms with Gasteiger partial charge in [-0.25, -0.2) is 4.98 Å². The minimum Gasteiger partial charge on any atom is -0.430 e. The lowest BCUT2D eigenvalue weighted by Gasteiger charge is -2.08. The van der Waals surface area contributed by atoms with E-state index in [9.17, 15) is 14.9 Å². The Hall–Kier alpha value is -2.67. The van der Waals surface area contributed by atoms with Gasteiger partial charge in [0, 0.05) is 12.3 Å². The first-order valence-corrected chi connectivity index (χ1v) is 6.70. The molecule has 0 radical (unpaired) electrons. The Bertz CT molecular complexity index is 749. The van der Waals surface area contributed by atoms with Crippen molar-refractivity contribution in [3.63, 3.8) is 0 Å². The SMILES string of the molecule is CCc1ccc(Oc2ncc(C(N)=O)cc2Cl)c([N+](=O)[O-])c1.